The van der Waals surface area contributed by atoms with Crippen molar-refractivity contribution in [1.82, 2.24) is 0 Å². The second-order valence-corrected chi connectivity index (χ2v) is 15.4. The molecule has 160 valence electrons. The van der Waals surface area contributed by atoms with E-state index < -0.39 is 40.4 Å². The number of hydrogen-bond acceptors (Lipinski definition) is 7. The van der Waals surface area contributed by atoms with Gasteiger partial charge in [-0.1, -0.05) is 0 Å². The molecule has 0 aromatic heterocycles. The van der Waals surface area contributed by atoms with Gasteiger partial charge in [0.25, 0.3) is 0 Å². The first-order chi connectivity index (χ1) is 14.8. The van der Waals surface area contributed by atoms with Gasteiger partial charge in [-0.05, 0) is 0 Å². The van der Waals surface area contributed by atoms with Gasteiger partial charge in [0.2, 0.25) is 0 Å². The van der Waals surface area contributed by atoms with Crippen molar-refractivity contribution in [3.8, 4) is 5.75 Å². The Morgan fingerprint density at radius 2 is 1.26 bits per heavy atom. The van der Waals surface area contributed by atoms with Crippen LogP contribution in [0.5, 0.6) is 5.75 Å². The SMILES string of the molecule is CC(=O)[O][Pb]([O]C(C)=O)([O]C(C)=O)[c]1c(OCc2ccccc2)ccc2ccccc12. The van der Waals surface area contributed by atoms with Crippen LogP contribution in [0.15, 0.2) is 66.7 Å². The number of fused-ring (bicyclic) bond motifs is 1. The maximum atomic E-state index is 12.0. The topological polar surface area (TPSA) is 88.1 Å². The summed E-state index contributed by atoms with van der Waals surface area (Å²) in [6.45, 7) is 3.75. The van der Waals surface area contributed by atoms with Gasteiger partial charge in [-0.15, -0.1) is 0 Å². The number of benzene rings is 3. The first kappa shape index (κ1) is 22.7. The van der Waals surface area contributed by atoms with Gasteiger partial charge < -0.3 is 0 Å². The summed E-state index contributed by atoms with van der Waals surface area (Å²) in [7, 11) is 0. The van der Waals surface area contributed by atoms with E-state index in [9.17, 15) is 14.4 Å². The number of carbonyl (C=O) groups is 3. The second kappa shape index (κ2) is 9.91. The molecule has 0 aliphatic rings. The Morgan fingerprint density at radius 1 is 0.710 bits per heavy atom. The van der Waals surface area contributed by atoms with Crippen LogP contribution in [0.1, 0.15) is 26.3 Å². The van der Waals surface area contributed by atoms with E-state index in [4.69, 9.17) is 12.8 Å². The predicted molar refractivity (Wildman–Crippen MR) is 115 cm³/mol. The van der Waals surface area contributed by atoms with E-state index in [0.29, 0.717) is 14.3 Å². The van der Waals surface area contributed by atoms with Gasteiger partial charge in [-0.3, -0.25) is 0 Å². The molecule has 0 unspecified atom stereocenters. The van der Waals surface area contributed by atoms with E-state index in [1.54, 1.807) is 18.2 Å². The summed E-state index contributed by atoms with van der Waals surface area (Å²) >= 11 is -5.54. The van der Waals surface area contributed by atoms with E-state index in [1.165, 1.54) is 20.8 Å². The molecule has 0 N–H and O–H groups in total. The van der Waals surface area contributed by atoms with E-state index in [2.05, 4.69) is 0 Å². The third-order valence-electron chi connectivity index (χ3n) is 4.27. The van der Waals surface area contributed by atoms with Gasteiger partial charge in [0, 0.05) is 0 Å². The zero-order valence-corrected chi connectivity index (χ0v) is 21.3. The molecule has 0 bridgehead atoms. The molecule has 31 heavy (non-hydrogen) atoms. The molecule has 3 aromatic carbocycles. The van der Waals surface area contributed by atoms with Crippen molar-refractivity contribution in [3.05, 3.63) is 72.3 Å². The van der Waals surface area contributed by atoms with Crippen LogP contribution in [-0.4, -0.2) is 40.4 Å². The van der Waals surface area contributed by atoms with Crippen molar-refractivity contribution in [1.29, 1.82) is 0 Å². The monoisotopic (exact) mass is 618 g/mol. The molecule has 0 radical (unpaired) electrons. The van der Waals surface area contributed by atoms with E-state index in [0.717, 1.165) is 10.9 Å². The summed E-state index contributed by atoms with van der Waals surface area (Å²) in [5.41, 5.74) is 0.913. The van der Waals surface area contributed by atoms with Crippen molar-refractivity contribution < 1.29 is 27.2 Å². The molecule has 0 atom stereocenters. The van der Waals surface area contributed by atoms with Crippen LogP contribution in [0.3, 0.4) is 0 Å². The number of rotatable bonds is 7. The molecule has 0 saturated carbocycles. The summed E-state index contributed by atoms with van der Waals surface area (Å²) in [5.74, 6) is -1.82. The average molecular weight is 618 g/mol. The van der Waals surface area contributed by atoms with Gasteiger partial charge >= 0.3 is 187 Å². The summed E-state index contributed by atoms with van der Waals surface area (Å²) in [4.78, 5) is 36.1. The molecule has 0 heterocycles. The first-order valence-electron chi connectivity index (χ1n) is 9.58. The minimum absolute atomic E-state index is 0.219. The summed E-state index contributed by atoms with van der Waals surface area (Å²) in [6, 6.07) is 20.3. The molecular formula is C23H22O7Pb. The van der Waals surface area contributed by atoms with Gasteiger partial charge in [0.1, 0.15) is 0 Å². The second-order valence-electron chi connectivity index (χ2n) is 6.77. The number of ether oxygens (including phenoxy) is 1. The Bertz CT molecular complexity index is 1070. The average Bonchev–Trinajstić information content (AvgIpc) is 2.70. The quantitative estimate of drug-likeness (QED) is 0.377. The fourth-order valence-corrected chi connectivity index (χ4v) is 13.2. The van der Waals surface area contributed by atoms with Crippen LogP contribution >= 0.6 is 0 Å². The van der Waals surface area contributed by atoms with Gasteiger partial charge in [-0.25, -0.2) is 0 Å². The molecule has 0 spiro atoms. The Labute approximate surface area is 186 Å². The molecule has 3 rings (SSSR count). The molecule has 3 aromatic rings. The van der Waals surface area contributed by atoms with Crippen molar-refractivity contribution in [2.45, 2.75) is 27.4 Å². The normalized spacial score (nSPS) is 10.9. The Morgan fingerprint density at radius 3 is 1.84 bits per heavy atom. The van der Waals surface area contributed by atoms with E-state index in [-0.39, 0.29) is 6.61 Å². The van der Waals surface area contributed by atoms with Crippen molar-refractivity contribution in [3.63, 3.8) is 0 Å². The maximum absolute atomic E-state index is 12.0. The molecule has 0 aliphatic heterocycles. The van der Waals surface area contributed by atoms with Crippen molar-refractivity contribution in [2.75, 3.05) is 0 Å². The molecule has 0 amide bonds. The first-order valence-corrected chi connectivity index (χ1v) is 16.3. The van der Waals surface area contributed by atoms with Crippen molar-refractivity contribution in [2.24, 2.45) is 0 Å². The Hall–Kier alpha value is -2.95. The Balaban J connectivity index is 2.23. The van der Waals surface area contributed by atoms with Gasteiger partial charge in [-0.2, -0.15) is 0 Å². The van der Waals surface area contributed by atoms with Crippen LogP contribution in [0.2, 0.25) is 0 Å². The molecule has 0 aliphatic carbocycles. The number of hydrogen-bond donors (Lipinski definition) is 0. The fraction of sp³-hybridized carbons (Fsp3) is 0.174. The molecule has 7 nitrogen and oxygen atoms in total. The molecule has 8 heteroatoms. The molecule has 0 saturated heterocycles. The van der Waals surface area contributed by atoms with E-state index >= 15 is 0 Å². The fourth-order valence-electron chi connectivity index (χ4n) is 3.21. The van der Waals surface area contributed by atoms with Crippen molar-refractivity contribution >= 4 is 54.3 Å². The third-order valence-corrected chi connectivity index (χ3v) is 15.1. The minimum atomic E-state index is -5.54. The van der Waals surface area contributed by atoms with Gasteiger partial charge in [0.05, 0.1) is 0 Å². The summed E-state index contributed by atoms with van der Waals surface area (Å²) in [5, 5.41) is 1.42. The van der Waals surface area contributed by atoms with Crippen LogP contribution < -0.4 is 7.86 Å². The van der Waals surface area contributed by atoms with Crippen LogP contribution in [-0.2, 0) is 29.1 Å². The molecular weight excluding hydrogens is 595 g/mol. The summed E-state index contributed by atoms with van der Waals surface area (Å²) < 4.78 is 23.1. The van der Waals surface area contributed by atoms with E-state index in [1.807, 2.05) is 48.5 Å². The third kappa shape index (κ3) is 5.60. The van der Waals surface area contributed by atoms with Gasteiger partial charge in [0.15, 0.2) is 0 Å². The zero-order chi connectivity index (χ0) is 22.4. The van der Waals surface area contributed by atoms with Crippen LogP contribution in [0, 0.1) is 0 Å². The van der Waals surface area contributed by atoms with Crippen LogP contribution in [0.25, 0.3) is 10.8 Å². The van der Waals surface area contributed by atoms with Crippen LogP contribution in [0.4, 0.5) is 0 Å². The predicted octanol–water partition coefficient (Wildman–Crippen LogP) is 3.25. The standard InChI is InChI=1S/C17H13O.3C2H4O2.Pb/c1-2-6-14(7-3-1)13-18-17-11-10-15-8-4-5-9-16(15)12-17;3*1-2(3)4;/h1-11H,13H2;3*1H3,(H,3,4);/q;;;;+3/p-3. The summed E-state index contributed by atoms with van der Waals surface area (Å²) in [6.07, 6.45) is 0. The molecule has 0 fully saturated rings. The zero-order valence-electron chi connectivity index (χ0n) is 17.4. The number of carbonyl (C=O) groups excluding carboxylic acids is 3. The Kier molecular flexibility index (Phi) is 7.26.